The monoisotopic (exact) mass is 298 g/mol. The molecule has 0 atom stereocenters. The lowest BCUT2D eigenvalue weighted by Crippen LogP contribution is -2.39. The van der Waals surface area contributed by atoms with Crippen molar-refractivity contribution in [3.05, 3.63) is 23.8 Å². The first-order valence-electron chi connectivity index (χ1n) is 6.21. The van der Waals surface area contributed by atoms with Crippen LogP contribution in [0, 0.1) is 0 Å². The number of hydrogen-bond donors (Lipinski definition) is 1. The minimum absolute atomic E-state index is 0.163. The lowest BCUT2D eigenvalue weighted by atomic mass is 10.1. The third kappa shape index (κ3) is 2.45. The lowest BCUT2D eigenvalue weighted by molar-refractivity contribution is -0.0220. The van der Waals surface area contributed by atoms with Crippen LogP contribution in [0.3, 0.4) is 0 Å². The summed E-state index contributed by atoms with van der Waals surface area (Å²) in [5.74, 6) is -3.57. The van der Waals surface area contributed by atoms with Gasteiger partial charge in [-0.1, -0.05) is 11.3 Å². The number of piperidine rings is 1. The summed E-state index contributed by atoms with van der Waals surface area (Å²) in [5.41, 5.74) is 0.908. The van der Waals surface area contributed by atoms with Crippen LogP contribution in [-0.4, -0.2) is 35.1 Å². The number of carboxylic acids is 1. The topological polar surface area (TPSA) is 53.4 Å². The number of carboxylic acid groups (broad SMARTS) is 1. The number of fused-ring (bicyclic) bond motifs is 1. The Labute approximate surface area is 117 Å². The maximum atomic E-state index is 13.1. The zero-order valence-electron chi connectivity index (χ0n) is 10.5. The Morgan fingerprint density at radius 2 is 2.05 bits per heavy atom. The van der Waals surface area contributed by atoms with Gasteiger partial charge in [-0.05, 0) is 18.2 Å². The molecular formula is C13H12F2N2O2S. The fraction of sp³-hybridized carbons (Fsp3) is 0.385. The van der Waals surface area contributed by atoms with Crippen molar-refractivity contribution in [3.63, 3.8) is 0 Å². The Balaban J connectivity index is 1.88. The Bertz CT molecular complexity index is 661. The van der Waals surface area contributed by atoms with Gasteiger partial charge in [0.15, 0.2) is 5.13 Å². The normalized spacial score (nSPS) is 18.4. The van der Waals surface area contributed by atoms with Crippen LogP contribution >= 0.6 is 11.3 Å². The maximum absolute atomic E-state index is 13.1. The van der Waals surface area contributed by atoms with Crippen molar-refractivity contribution in [2.45, 2.75) is 18.8 Å². The van der Waals surface area contributed by atoms with Gasteiger partial charge >= 0.3 is 5.97 Å². The van der Waals surface area contributed by atoms with E-state index in [1.54, 1.807) is 12.1 Å². The Hall–Kier alpha value is -1.76. The highest BCUT2D eigenvalue weighted by atomic mass is 32.1. The molecule has 106 valence electrons. The molecule has 7 heteroatoms. The number of rotatable bonds is 2. The molecule has 0 amide bonds. The highest BCUT2D eigenvalue weighted by Gasteiger charge is 2.34. The van der Waals surface area contributed by atoms with Gasteiger partial charge < -0.3 is 10.0 Å². The molecule has 0 aliphatic carbocycles. The zero-order chi connectivity index (χ0) is 14.3. The number of carbonyl (C=O) groups is 1. The van der Waals surface area contributed by atoms with Gasteiger partial charge in [-0.25, -0.2) is 18.6 Å². The molecule has 1 saturated heterocycles. The van der Waals surface area contributed by atoms with Crippen LogP contribution < -0.4 is 4.90 Å². The summed E-state index contributed by atoms with van der Waals surface area (Å²) in [6.07, 6.45) is -0.327. The van der Waals surface area contributed by atoms with Gasteiger partial charge in [-0.2, -0.15) is 0 Å². The third-order valence-electron chi connectivity index (χ3n) is 3.39. The number of nitrogens with zero attached hydrogens (tertiary/aromatic N) is 2. The predicted octanol–water partition coefficient (Wildman–Crippen LogP) is 3.23. The second-order valence-corrected chi connectivity index (χ2v) is 5.84. The Morgan fingerprint density at radius 1 is 1.35 bits per heavy atom. The molecule has 20 heavy (non-hydrogen) atoms. The van der Waals surface area contributed by atoms with Gasteiger partial charge in [-0.15, -0.1) is 0 Å². The number of halogens is 2. The molecule has 0 spiro atoms. The highest BCUT2D eigenvalue weighted by molar-refractivity contribution is 7.22. The summed E-state index contributed by atoms with van der Waals surface area (Å²) >= 11 is 1.34. The molecule has 3 rings (SSSR count). The van der Waals surface area contributed by atoms with Crippen molar-refractivity contribution in [1.29, 1.82) is 0 Å². The molecule has 0 bridgehead atoms. The van der Waals surface area contributed by atoms with Crippen LogP contribution in [0.2, 0.25) is 0 Å². The van der Waals surface area contributed by atoms with Crippen LogP contribution in [0.25, 0.3) is 10.2 Å². The molecule has 0 unspecified atom stereocenters. The lowest BCUT2D eigenvalue weighted by Gasteiger charge is -2.31. The SMILES string of the molecule is O=C(O)c1ccc2nc(N3CCC(F)(F)CC3)sc2c1. The summed E-state index contributed by atoms with van der Waals surface area (Å²) in [5, 5.41) is 9.63. The van der Waals surface area contributed by atoms with Gasteiger partial charge in [0.05, 0.1) is 15.8 Å². The van der Waals surface area contributed by atoms with Crippen LogP contribution in [0.1, 0.15) is 23.2 Å². The number of thiazole rings is 1. The first-order chi connectivity index (χ1) is 9.44. The summed E-state index contributed by atoms with van der Waals surface area (Å²) in [6.45, 7) is 0.553. The van der Waals surface area contributed by atoms with E-state index >= 15 is 0 Å². The molecule has 1 N–H and O–H groups in total. The minimum Gasteiger partial charge on any atom is -0.478 e. The molecule has 2 aromatic rings. The molecule has 1 aromatic carbocycles. The fourth-order valence-electron chi connectivity index (χ4n) is 2.21. The number of alkyl halides is 2. The molecule has 0 radical (unpaired) electrons. The van der Waals surface area contributed by atoms with E-state index in [0.717, 1.165) is 4.70 Å². The minimum atomic E-state index is -2.58. The van der Waals surface area contributed by atoms with Crippen LogP contribution in [-0.2, 0) is 0 Å². The van der Waals surface area contributed by atoms with E-state index in [2.05, 4.69) is 4.98 Å². The van der Waals surface area contributed by atoms with Crippen molar-refractivity contribution < 1.29 is 18.7 Å². The van der Waals surface area contributed by atoms with Gasteiger partial charge in [0, 0.05) is 25.9 Å². The smallest absolute Gasteiger partial charge is 0.335 e. The van der Waals surface area contributed by atoms with E-state index in [0.29, 0.717) is 10.6 Å². The van der Waals surface area contributed by atoms with Crippen molar-refractivity contribution >= 4 is 32.7 Å². The zero-order valence-corrected chi connectivity index (χ0v) is 11.3. The van der Waals surface area contributed by atoms with Crippen LogP contribution in [0.5, 0.6) is 0 Å². The third-order valence-corrected chi connectivity index (χ3v) is 4.47. The molecule has 2 heterocycles. The van der Waals surface area contributed by atoms with E-state index in [-0.39, 0.29) is 31.5 Å². The molecule has 1 fully saturated rings. The molecule has 1 aliphatic heterocycles. The number of aromatic nitrogens is 1. The van der Waals surface area contributed by atoms with Crippen LogP contribution in [0.15, 0.2) is 18.2 Å². The van der Waals surface area contributed by atoms with Gasteiger partial charge in [0.2, 0.25) is 0 Å². The molecule has 1 aliphatic rings. The van der Waals surface area contributed by atoms with Crippen molar-refractivity contribution in [2.75, 3.05) is 18.0 Å². The maximum Gasteiger partial charge on any atom is 0.335 e. The van der Waals surface area contributed by atoms with Gasteiger partial charge in [0.25, 0.3) is 5.92 Å². The summed E-state index contributed by atoms with van der Waals surface area (Å²) in [6, 6.07) is 4.72. The molecule has 4 nitrogen and oxygen atoms in total. The van der Waals surface area contributed by atoms with Crippen LogP contribution in [0.4, 0.5) is 13.9 Å². The van der Waals surface area contributed by atoms with E-state index < -0.39 is 11.9 Å². The standard InChI is InChI=1S/C13H12F2N2O2S/c14-13(15)3-5-17(6-4-13)12-16-9-2-1-8(11(18)19)7-10(9)20-12/h1-2,7H,3-6H2,(H,18,19). The van der Waals surface area contributed by atoms with E-state index in [1.807, 2.05) is 4.90 Å². The number of aromatic carboxylic acids is 1. The second-order valence-electron chi connectivity index (χ2n) is 4.83. The largest absolute Gasteiger partial charge is 0.478 e. The quantitative estimate of drug-likeness (QED) is 0.925. The Morgan fingerprint density at radius 3 is 2.70 bits per heavy atom. The average Bonchev–Trinajstić information content (AvgIpc) is 2.81. The second kappa shape index (κ2) is 4.66. The fourth-order valence-corrected chi connectivity index (χ4v) is 3.26. The molecule has 0 saturated carbocycles. The number of anilines is 1. The average molecular weight is 298 g/mol. The first-order valence-corrected chi connectivity index (χ1v) is 7.03. The van der Waals surface area contributed by atoms with Gasteiger partial charge in [0.1, 0.15) is 0 Å². The van der Waals surface area contributed by atoms with E-state index in [4.69, 9.17) is 5.11 Å². The summed E-state index contributed by atoms with van der Waals surface area (Å²) < 4.78 is 27.0. The predicted molar refractivity (Wildman–Crippen MR) is 73.0 cm³/mol. The van der Waals surface area contributed by atoms with Gasteiger partial charge in [-0.3, -0.25) is 0 Å². The Kier molecular flexibility index (Phi) is 3.08. The van der Waals surface area contributed by atoms with Crippen molar-refractivity contribution in [3.8, 4) is 0 Å². The van der Waals surface area contributed by atoms with E-state index in [9.17, 15) is 13.6 Å². The van der Waals surface area contributed by atoms with E-state index in [1.165, 1.54) is 17.4 Å². The molecular weight excluding hydrogens is 286 g/mol. The summed E-state index contributed by atoms with van der Waals surface area (Å²) in [4.78, 5) is 17.1. The summed E-state index contributed by atoms with van der Waals surface area (Å²) in [7, 11) is 0. The van der Waals surface area contributed by atoms with Crippen molar-refractivity contribution in [2.24, 2.45) is 0 Å². The van der Waals surface area contributed by atoms with Crippen molar-refractivity contribution in [1.82, 2.24) is 4.98 Å². The molecule has 1 aromatic heterocycles. The number of hydrogen-bond acceptors (Lipinski definition) is 4. The first kappa shape index (κ1) is 13.2. The number of benzene rings is 1. The highest BCUT2D eigenvalue weighted by Crippen LogP contribution is 2.34.